The highest BCUT2D eigenvalue weighted by molar-refractivity contribution is 5.65. The lowest BCUT2D eigenvalue weighted by molar-refractivity contribution is 0.0812. The summed E-state index contributed by atoms with van der Waals surface area (Å²) < 4.78 is 0. The molecule has 0 aromatic heterocycles. The molecule has 3 N–H and O–H groups in total. The summed E-state index contributed by atoms with van der Waals surface area (Å²) in [6.07, 6.45) is -0.192. The molecular formula is C15H22N2O3. The van der Waals surface area contributed by atoms with Crippen LogP contribution in [0.2, 0.25) is 0 Å². The first-order chi connectivity index (χ1) is 9.61. The lowest BCUT2D eigenvalue weighted by Gasteiger charge is -2.38. The first-order valence-corrected chi connectivity index (χ1v) is 7.01. The number of hydrogen-bond donors (Lipinski definition) is 3. The van der Waals surface area contributed by atoms with Crippen LogP contribution in [-0.2, 0) is 0 Å². The number of aliphatic hydroxyl groups excluding tert-OH is 1. The summed E-state index contributed by atoms with van der Waals surface area (Å²) in [4.78, 5) is 12.5. The molecule has 1 aromatic carbocycles. The molecule has 1 aliphatic rings. The molecule has 20 heavy (non-hydrogen) atoms. The van der Waals surface area contributed by atoms with E-state index in [0.717, 1.165) is 5.56 Å². The summed E-state index contributed by atoms with van der Waals surface area (Å²) in [7, 11) is 0. The highest BCUT2D eigenvalue weighted by Crippen LogP contribution is 2.21. The molecule has 0 aliphatic carbocycles. The molecule has 2 rings (SSSR count). The summed E-state index contributed by atoms with van der Waals surface area (Å²) in [5.74, 6) is 0.108. The number of benzene rings is 1. The third kappa shape index (κ3) is 3.49. The van der Waals surface area contributed by atoms with Gasteiger partial charge in [0.1, 0.15) is 0 Å². The maximum Gasteiger partial charge on any atom is 0.407 e. The van der Waals surface area contributed by atoms with Gasteiger partial charge in [-0.15, -0.1) is 0 Å². The zero-order chi connectivity index (χ0) is 14.5. The molecule has 5 nitrogen and oxygen atoms in total. The van der Waals surface area contributed by atoms with Crippen molar-refractivity contribution in [3.8, 4) is 0 Å². The summed E-state index contributed by atoms with van der Waals surface area (Å²) >= 11 is 0. The van der Waals surface area contributed by atoms with E-state index in [2.05, 4.69) is 12.2 Å². The Hall–Kier alpha value is -1.59. The van der Waals surface area contributed by atoms with Gasteiger partial charge in [0.05, 0.1) is 0 Å². The SMILES string of the molecule is C[C@H](N[C@H]1CN(C(=O)O)CC[C@H]1CO)c1ccccc1. The molecule has 1 aliphatic heterocycles. The van der Waals surface area contributed by atoms with Crippen LogP contribution in [0.4, 0.5) is 4.79 Å². The van der Waals surface area contributed by atoms with Gasteiger partial charge < -0.3 is 20.4 Å². The van der Waals surface area contributed by atoms with Crippen LogP contribution in [0.25, 0.3) is 0 Å². The van der Waals surface area contributed by atoms with Crippen LogP contribution in [0.5, 0.6) is 0 Å². The number of carbonyl (C=O) groups is 1. The average molecular weight is 278 g/mol. The number of carboxylic acid groups (broad SMARTS) is 1. The van der Waals surface area contributed by atoms with Crippen molar-refractivity contribution in [1.82, 2.24) is 10.2 Å². The molecular weight excluding hydrogens is 256 g/mol. The van der Waals surface area contributed by atoms with Crippen LogP contribution in [0, 0.1) is 5.92 Å². The molecule has 1 heterocycles. The summed E-state index contributed by atoms with van der Waals surface area (Å²) in [5.41, 5.74) is 1.16. The normalized spacial score (nSPS) is 24.4. The fourth-order valence-corrected chi connectivity index (χ4v) is 2.74. The van der Waals surface area contributed by atoms with Crippen molar-refractivity contribution in [1.29, 1.82) is 0 Å². The van der Waals surface area contributed by atoms with Crippen molar-refractivity contribution in [3.63, 3.8) is 0 Å². The van der Waals surface area contributed by atoms with E-state index in [1.165, 1.54) is 4.90 Å². The van der Waals surface area contributed by atoms with Gasteiger partial charge in [0.25, 0.3) is 0 Å². The number of nitrogens with one attached hydrogen (secondary N) is 1. The summed E-state index contributed by atoms with van der Waals surface area (Å²) in [5, 5.41) is 22.0. The molecule has 0 saturated carbocycles. The number of nitrogens with zero attached hydrogens (tertiary/aromatic N) is 1. The molecule has 1 saturated heterocycles. The first-order valence-electron chi connectivity index (χ1n) is 7.01. The van der Waals surface area contributed by atoms with Crippen molar-refractivity contribution >= 4 is 6.09 Å². The minimum Gasteiger partial charge on any atom is -0.465 e. The van der Waals surface area contributed by atoms with E-state index in [1.807, 2.05) is 30.3 Å². The van der Waals surface area contributed by atoms with Gasteiger partial charge in [-0.3, -0.25) is 0 Å². The van der Waals surface area contributed by atoms with Gasteiger partial charge in [0.2, 0.25) is 0 Å². The number of piperidine rings is 1. The van der Waals surface area contributed by atoms with Crippen LogP contribution in [0.15, 0.2) is 30.3 Å². The van der Waals surface area contributed by atoms with Gasteiger partial charge in [-0.05, 0) is 18.9 Å². The second-order valence-electron chi connectivity index (χ2n) is 5.37. The molecule has 0 spiro atoms. The van der Waals surface area contributed by atoms with Gasteiger partial charge in [-0.1, -0.05) is 30.3 Å². The van der Waals surface area contributed by atoms with Gasteiger partial charge in [-0.2, -0.15) is 0 Å². The first kappa shape index (κ1) is 14.8. The molecule has 1 aromatic rings. The van der Waals surface area contributed by atoms with E-state index in [1.54, 1.807) is 0 Å². The summed E-state index contributed by atoms with van der Waals surface area (Å²) in [6, 6.07) is 10.2. The monoisotopic (exact) mass is 278 g/mol. The van der Waals surface area contributed by atoms with Crippen LogP contribution in [0.3, 0.4) is 0 Å². The van der Waals surface area contributed by atoms with Gasteiger partial charge in [0.15, 0.2) is 0 Å². The standard InChI is InChI=1S/C15H22N2O3/c1-11(12-5-3-2-4-6-12)16-14-9-17(15(19)20)8-7-13(14)10-18/h2-6,11,13-14,16,18H,7-10H2,1H3,(H,19,20)/t11-,13-,14-/m0/s1. The predicted octanol–water partition coefficient (Wildman–Crippen LogP) is 1.70. The number of aliphatic hydroxyl groups is 1. The predicted molar refractivity (Wildman–Crippen MR) is 76.6 cm³/mol. The van der Waals surface area contributed by atoms with Crippen molar-refractivity contribution in [2.45, 2.75) is 25.4 Å². The number of rotatable bonds is 4. The molecule has 5 heteroatoms. The average Bonchev–Trinajstić information content (AvgIpc) is 2.48. The molecule has 3 atom stereocenters. The lowest BCUT2D eigenvalue weighted by atomic mass is 9.91. The fraction of sp³-hybridized carbons (Fsp3) is 0.533. The number of likely N-dealkylation sites (tertiary alicyclic amines) is 1. The zero-order valence-corrected chi connectivity index (χ0v) is 11.7. The Morgan fingerprint density at radius 1 is 1.45 bits per heavy atom. The Morgan fingerprint density at radius 3 is 2.75 bits per heavy atom. The molecule has 1 amide bonds. The van der Waals surface area contributed by atoms with E-state index < -0.39 is 6.09 Å². The van der Waals surface area contributed by atoms with Crippen molar-refractivity contribution < 1.29 is 15.0 Å². The molecule has 110 valence electrons. The number of amides is 1. The molecule has 1 fully saturated rings. The molecule has 0 unspecified atom stereocenters. The Labute approximate surface area is 119 Å². The fourth-order valence-electron chi connectivity index (χ4n) is 2.74. The third-order valence-corrected chi connectivity index (χ3v) is 4.02. The number of hydrogen-bond acceptors (Lipinski definition) is 3. The minimum atomic E-state index is -0.888. The van der Waals surface area contributed by atoms with Gasteiger partial charge in [-0.25, -0.2) is 4.79 Å². The minimum absolute atomic E-state index is 0.0138. The second kappa shape index (κ2) is 6.72. The summed E-state index contributed by atoms with van der Waals surface area (Å²) in [6.45, 7) is 3.08. The van der Waals surface area contributed by atoms with Gasteiger partial charge in [0, 0.05) is 37.7 Å². The Balaban J connectivity index is 2.02. The van der Waals surface area contributed by atoms with Crippen LogP contribution in [0.1, 0.15) is 24.9 Å². The lowest BCUT2D eigenvalue weighted by Crippen LogP contribution is -2.53. The smallest absolute Gasteiger partial charge is 0.407 e. The Kier molecular flexibility index (Phi) is 4.98. The Bertz CT molecular complexity index is 438. The third-order valence-electron chi connectivity index (χ3n) is 4.02. The quantitative estimate of drug-likeness (QED) is 0.784. The maximum absolute atomic E-state index is 11.1. The van der Waals surface area contributed by atoms with Crippen molar-refractivity contribution in [2.75, 3.05) is 19.7 Å². The molecule has 0 radical (unpaired) electrons. The van der Waals surface area contributed by atoms with Crippen LogP contribution < -0.4 is 5.32 Å². The highest BCUT2D eigenvalue weighted by Gasteiger charge is 2.31. The van der Waals surface area contributed by atoms with Crippen LogP contribution >= 0.6 is 0 Å². The van der Waals surface area contributed by atoms with E-state index in [4.69, 9.17) is 5.11 Å². The second-order valence-corrected chi connectivity index (χ2v) is 5.37. The van der Waals surface area contributed by atoms with Crippen molar-refractivity contribution in [3.05, 3.63) is 35.9 Å². The maximum atomic E-state index is 11.1. The van der Waals surface area contributed by atoms with E-state index in [-0.39, 0.29) is 24.6 Å². The van der Waals surface area contributed by atoms with Crippen LogP contribution in [-0.4, -0.2) is 46.9 Å². The van der Waals surface area contributed by atoms with E-state index in [0.29, 0.717) is 19.5 Å². The topological polar surface area (TPSA) is 72.8 Å². The zero-order valence-electron chi connectivity index (χ0n) is 11.7. The van der Waals surface area contributed by atoms with E-state index in [9.17, 15) is 9.90 Å². The largest absolute Gasteiger partial charge is 0.465 e. The van der Waals surface area contributed by atoms with Gasteiger partial charge >= 0.3 is 6.09 Å². The molecule has 0 bridgehead atoms. The highest BCUT2D eigenvalue weighted by atomic mass is 16.4. The Morgan fingerprint density at radius 2 is 2.15 bits per heavy atom. The van der Waals surface area contributed by atoms with Crippen molar-refractivity contribution in [2.24, 2.45) is 5.92 Å². The van der Waals surface area contributed by atoms with E-state index >= 15 is 0 Å².